The lowest BCUT2D eigenvalue weighted by Gasteiger charge is -2.29. The molecule has 5 N–H and O–H groups in total. The number of nitrogens with one attached hydrogen (secondary N) is 3. The molecule has 7 rings (SSSR count). The van der Waals surface area contributed by atoms with Gasteiger partial charge in [-0.1, -0.05) is 6.07 Å². The summed E-state index contributed by atoms with van der Waals surface area (Å²) in [5.74, 6) is -0.904. The van der Waals surface area contributed by atoms with E-state index >= 15 is 0 Å². The molecule has 4 aromatic rings. The van der Waals surface area contributed by atoms with Gasteiger partial charge in [0.05, 0.1) is 30.8 Å². The summed E-state index contributed by atoms with van der Waals surface area (Å²) in [5.41, 5.74) is 6.91. The second-order valence-corrected chi connectivity index (χ2v) is 14.2. The number of aryl methyl sites for hydroxylation is 1. The Morgan fingerprint density at radius 3 is 2.60 bits per heavy atom. The minimum Gasteiger partial charge on any atom is -0.493 e. The molecule has 298 valence electrons. The summed E-state index contributed by atoms with van der Waals surface area (Å²) in [4.78, 5) is 75.6. The molecule has 3 aromatic carbocycles. The number of aromatic nitrogens is 2. The van der Waals surface area contributed by atoms with Crippen LogP contribution in [0.15, 0.2) is 48.5 Å². The number of ether oxygens (including phenoxy) is 2. The van der Waals surface area contributed by atoms with Crippen molar-refractivity contribution in [3.05, 3.63) is 76.6 Å². The summed E-state index contributed by atoms with van der Waals surface area (Å²) in [6, 6.07) is 10.1. The molecule has 0 spiro atoms. The standard InChI is InChI=1S/C39H39F3N8O7/c1-19(21-11-22(39(40,41)42)13-23(43)12-21)44-36-26-14-32(31(56-3)15-29(26)45-20(2)46-36)57-24-9-10-49(17-24)35(53)16-34(52)47-28-6-4-5-25-27(28)18-50(38(25)55)30-7-8-33(51)48-37(30)54/h4-6,11-15,19,24,30H,7-10,16-18,43H2,1-3H3,(H,47,52)(H,44,45,46)(H,48,51,54)/t19-,24+,30?/m1/s1. The number of hydrogen-bond donors (Lipinski definition) is 4. The summed E-state index contributed by atoms with van der Waals surface area (Å²) in [6.45, 7) is 3.92. The second-order valence-electron chi connectivity index (χ2n) is 14.2. The maximum Gasteiger partial charge on any atom is 0.416 e. The van der Waals surface area contributed by atoms with Crippen molar-refractivity contribution >= 4 is 57.6 Å². The summed E-state index contributed by atoms with van der Waals surface area (Å²) < 4.78 is 52.5. The van der Waals surface area contributed by atoms with Crippen molar-refractivity contribution in [1.82, 2.24) is 25.1 Å². The van der Waals surface area contributed by atoms with Gasteiger partial charge in [-0.25, -0.2) is 9.97 Å². The Labute approximate surface area is 324 Å². The molecule has 0 aliphatic carbocycles. The SMILES string of the molecule is COc1cc2nc(C)nc(N[C@H](C)c3cc(N)cc(C(F)(F)F)c3)c2cc1O[C@H]1CCN(C(=O)CC(=O)Nc2cccc3c2CN(C2CCC(=O)NC2=O)C3=O)C1. The predicted octanol–water partition coefficient (Wildman–Crippen LogP) is 4.49. The van der Waals surface area contributed by atoms with E-state index in [1.807, 2.05) is 0 Å². The van der Waals surface area contributed by atoms with E-state index in [1.165, 1.54) is 23.0 Å². The van der Waals surface area contributed by atoms with Gasteiger partial charge in [-0.05, 0) is 62.2 Å². The fraction of sp³-hybridized carbons (Fsp3) is 0.359. The van der Waals surface area contributed by atoms with E-state index in [-0.39, 0.29) is 37.5 Å². The van der Waals surface area contributed by atoms with E-state index in [0.717, 1.165) is 12.1 Å². The van der Waals surface area contributed by atoms with Crippen molar-refractivity contribution in [2.75, 3.05) is 36.6 Å². The average molecular weight is 789 g/mol. The lowest BCUT2D eigenvalue weighted by Crippen LogP contribution is -2.52. The molecular formula is C39H39F3N8O7. The fourth-order valence-electron chi connectivity index (χ4n) is 7.37. The molecule has 0 bridgehead atoms. The predicted molar refractivity (Wildman–Crippen MR) is 200 cm³/mol. The maximum absolute atomic E-state index is 13.5. The van der Waals surface area contributed by atoms with E-state index in [9.17, 15) is 37.1 Å². The van der Waals surface area contributed by atoms with E-state index < -0.39 is 60.0 Å². The van der Waals surface area contributed by atoms with Crippen molar-refractivity contribution in [2.24, 2.45) is 0 Å². The van der Waals surface area contributed by atoms with Gasteiger partial charge < -0.3 is 35.6 Å². The molecule has 2 saturated heterocycles. The maximum atomic E-state index is 13.5. The molecule has 0 saturated carbocycles. The summed E-state index contributed by atoms with van der Waals surface area (Å²) in [5, 5.41) is 8.71. The van der Waals surface area contributed by atoms with Crippen molar-refractivity contribution < 1.29 is 46.6 Å². The van der Waals surface area contributed by atoms with Gasteiger partial charge in [0.1, 0.15) is 30.2 Å². The van der Waals surface area contributed by atoms with Crippen molar-refractivity contribution in [1.29, 1.82) is 0 Å². The molecule has 1 unspecified atom stereocenters. The number of carbonyl (C=O) groups is 5. The number of hydrogen-bond acceptors (Lipinski definition) is 11. The first kappa shape index (κ1) is 38.8. The van der Waals surface area contributed by atoms with Gasteiger partial charge in [0.15, 0.2) is 11.5 Å². The Morgan fingerprint density at radius 1 is 1.07 bits per heavy atom. The van der Waals surface area contributed by atoms with Crippen molar-refractivity contribution in [2.45, 2.75) is 70.4 Å². The number of amides is 5. The molecule has 4 heterocycles. The molecule has 3 aliphatic rings. The molecule has 3 atom stereocenters. The number of methoxy groups -OCH3 is 1. The Hall–Kier alpha value is -6.46. The van der Waals surface area contributed by atoms with Crippen LogP contribution < -0.4 is 31.2 Å². The number of nitrogen functional groups attached to an aromatic ring is 1. The van der Waals surface area contributed by atoms with E-state index in [2.05, 4.69) is 25.9 Å². The summed E-state index contributed by atoms with van der Waals surface area (Å²) >= 11 is 0. The van der Waals surface area contributed by atoms with E-state index in [4.69, 9.17) is 15.2 Å². The second kappa shape index (κ2) is 15.2. The molecule has 1 aromatic heterocycles. The Balaban J connectivity index is 1.01. The fourth-order valence-corrected chi connectivity index (χ4v) is 7.37. The Morgan fingerprint density at radius 2 is 1.86 bits per heavy atom. The number of nitrogens with two attached hydrogens (primary N) is 1. The minimum atomic E-state index is -4.58. The van der Waals surface area contributed by atoms with Crippen LogP contribution in [-0.4, -0.2) is 81.6 Å². The lowest BCUT2D eigenvalue weighted by molar-refractivity contribution is -0.138. The zero-order valence-corrected chi connectivity index (χ0v) is 31.2. The smallest absolute Gasteiger partial charge is 0.416 e. The van der Waals surface area contributed by atoms with Gasteiger partial charge >= 0.3 is 6.18 Å². The van der Waals surface area contributed by atoms with Crippen molar-refractivity contribution in [3.63, 3.8) is 0 Å². The third kappa shape index (κ3) is 8.10. The highest BCUT2D eigenvalue weighted by molar-refractivity contribution is 6.08. The normalized spacial score (nSPS) is 18.7. The molecule has 2 fully saturated rings. The lowest BCUT2D eigenvalue weighted by atomic mass is 10.0. The largest absolute Gasteiger partial charge is 0.493 e. The number of benzene rings is 3. The number of nitrogens with zero attached hydrogens (tertiary/aromatic N) is 4. The van der Waals surface area contributed by atoms with Gasteiger partial charge in [0, 0.05) is 59.9 Å². The minimum absolute atomic E-state index is 0.0283. The quantitative estimate of drug-likeness (QED) is 0.100. The van der Waals surface area contributed by atoms with Crippen LogP contribution >= 0.6 is 0 Å². The number of rotatable bonds is 10. The highest BCUT2D eigenvalue weighted by Crippen LogP contribution is 2.38. The van der Waals surface area contributed by atoms with Crippen LogP contribution in [0.2, 0.25) is 0 Å². The molecule has 5 amide bonds. The number of halogens is 3. The van der Waals surface area contributed by atoms with E-state index in [0.29, 0.717) is 69.4 Å². The van der Waals surface area contributed by atoms with Crippen LogP contribution in [0.3, 0.4) is 0 Å². The first-order chi connectivity index (χ1) is 27.1. The Kier molecular flexibility index (Phi) is 10.4. The topological polar surface area (TPSA) is 198 Å². The van der Waals surface area contributed by atoms with Gasteiger partial charge in [0.2, 0.25) is 23.6 Å². The first-order valence-electron chi connectivity index (χ1n) is 18.2. The van der Waals surface area contributed by atoms with Crippen LogP contribution in [0.4, 0.5) is 30.4 Å². The zero-order chi connectivity index (χ0) is 40.8. The third-order valence-corrected chi connectivity index (χ3v) is 10.2. The van der Waals surface area contributed by atoms with Gasteiger partial charge in [-0.2, -0.15) is 13.2 Å². The molecule has 3 aliphatic heterocycles. The monoisotopic (exact) mass is 788 g/mol. The first-order valence-corrected chi connectivity index (χ1v) is 18.2. The summed E-state index contributed by atoms with van der Waals surface area (Å²) in [6.07, 6.45) is -4.76. The molecular weight excluding hydrogens is 749 g/mol. The molecule has 0 radical (unpaired) electrons. The van der Waals surface area contributed by atoms with Gasteiger partial charge in [0.25, 0.3) is 5.91 Å². The average Bonchev–Trinajstić information content (AvgIpc) is 3.75. The molecule has 57 heavy (non-hydrogen) atoms. The third-order valence-electron chi connectivity index (χ3n) is 10.2. The Bertz CT molecular complexity index is 2320. The number of anilines is 3. The van der Waals surface area contributed by atoms with Crippen LogP contribution in [0.5, 0.6) is 11.5 Å². The highest BCUT2D eigenvalue weighted by atomic mass is 19.4. The number of carbonyl (C=O) groups excluding carboxylic acids is 5. The number of piperidine rings is 1. The number of alkyl halides is 3. The van der Waals surface area contributed by atoms with Gasteiger partial charge in [-0.15, -0.1) is 0 Å². The number of imide groups is 1. The zero-order valence-electron chi connectivity index (χ0n) is 31.2. The van der Waals surface area contributed by atoms with E-state index in [1.54, 1.807) is 44.2 Å². The number of fused-ring (bicyclic) bond motifs is 2. The molecule has 15 nitrogen and oxygen atoms in total. The number of likely N-dealkylation sites (tertiary alicyclic amines) is 1. The highest BCUT2D eigenvalue weighted by Gasteiger charge is 2.40. The van der Waals surface area contributed by atoms with Crippen LogP contribution in [0, 0.1) is 6.92 Å². The summed E-state index contributed by atoms with van der Waals surface area (Å²) in [7, 11) is 1.47. The van der Waals surface area contributed by atoms with Crippen LogP contribution in [0.25, 0.3) is 10.9 Å². The van der Waals surface area contributed by atoms with Crippen molar-refractivity contribution in [3.8, 4) is 11.5 Å². The van der Waals surface area contributed by atoms with Gasteiger partial charge in [-0.3, -0.25) is 29.3 Å². The molecule has 18 heteroatoms. The van der Waals surface area contributed by atoms with Crippen LogP contribution in [0.1, 0.15) is 71.5 Å². The van der Waals surface area contributed by atoms with Crippen LogP contribution in [-0.2, 0) is 31.9 Å².